The SMILES string of the molecule is O=C(NC1CCN(C(=O)N2CCOCC2)CC1)C1COc2ccccc2C1. The first-order valence-electron chi connectivity index (χ1n) is 9.83. The fraction of sp³-hybridized carbons (Fsp3) is 0.600. The summed E-state index contributed by atoms with van der Waals surface area (Å²) in [4.78, 5) is 28.9. The molecule has 3 aliphatic heterocycles. The number of piperidine rings is 1. The highest BCUT2D eigenvalue weighted by atomic mass is 16.5. The maximum Gasteiger partial charge on any atom is 0.320 e. The van der Waals surface area contributed by atoms with Crippen molar-refractivity contribution >= 4 is 11.9 Å². The Kier molecular flexibility index (Phi) is 5.48. The fourth-order valence-electron chi connectivity index (χ4n) is 3.99. The third-order valence-electron chi connectivity index (χ3n) is 5.64. The quantitative estimate of drug-likeness (QED) is 0.848. The summed E-state index contributed by atoms with van der Waals surface area (Å²) in [5, 5.41) is 3.17. The molecule has 0 bridgehead atoms. The van der Waals surface area contributed by atoms with Gasteiger partial charge in [0.2, 0.25) is 5.91 Å². The second kappa shape index (κ2) is 8.17. The predicted octanol–water partition coefficient (Wildman–Crippen LogP) is 1.27. The minimum atomic E-state index is -0.145. The number of ether oxygens (including phenoxy) is 2. The van der Waals surface area contributed by atoms with E-state index in [2.05, 4.69) is 5.32 Å². The van der Waals surface area contributed by atoms with Crippen LogP contribution in [0.4, 0.5) is 4.79 Å². The normalized spacial score (nSPS) is 23.3. The maximum atomic E-state index is 12.6. The summed E-state index contributed by atoms with van der Waals surface area (Å²) in [6, 6.07) is 8.12. The lowest BCUT2D eigenvalue weighted by molar-refractivity contribution is -0.127. The second-order valence-electron chi connectivity index (χ2n) is 7.47. The van der Waals surface area contributed by atoms with E-state index in [1.807, 2.05) is 34.1 Å². The molecule has 1 atom stereocenters. The maximum absolute atomic E-state index is 12.6. The highest BCUT2D eigenvalue weighted by Crippen LogP contribution is 2.27. The van der Waals surface area contributed by atoms with Crippen LogP contribution in [-0.4, -0.2) is 73.8 Å². The third kappa shape index (κ3) is 4.18. The number of para-hydroxylation sites is 1. The van der Waals surface area contributed by atoms with Crippen molar-refractivity contribution in [2.45, 2.75) is 25.3 Å². The van der Waals surface area contributed by atoms with Crippen molar-refractivity contribution in [3.8, 4) is 5.75 Å². The fourth-order valence-corrected chi connectivity index (χ4v) is 3.99. The molecule has 7 heteroatoms. The summed E-state index contributed by atoms with van der Waals surface area (Å²) < 4.78 is 11.0. The molecule has 0 spiro atoms. The second-order valence-corrected chi connectivity index (χ2v) is 7.47. The average Bonchev–Trinajstić information content (AvgIpc) is 2.74. The van der Waals surface area contributed by atoms with Gasteiger partial charge in [0.1, 0.15) is 12.4 Å². The lowest BCUT2D eigenvalue weighted by Crippen LogP contribution is -2.53. The Labute approximate surface area is 159 Å². The largest absolute Gasteiger partial charge is 0.492 e. The number of carbonyl (C=O) groups excluding carboxylic acids is 2. The highest BCUT2D eigenvalue weighted by Gasteiger charge is 2.31. The number of morpholine rings is 1. The van der Waals surface area contributed by atoms with Crippen molar-refractivity contribution in [3.63, 3.8) is 0 Å². The minimum absolute atomic E-state index is 0.0578. The van der Waals surface area contributed by atoms with E-state index in [4.69, 9.17) is 9.47 Å². The van der Waals surface area contributed by atoms with Crippen molar-refractivity contribution in [2.24, 2.45) is 5.92 Å². The van der Waals surface area contributed by atoms with Crippen LogP contribution in [0.1, 0.15) is 18.4 Å². The monoisotopic (exact) mass is 373 g/mol. The van der Waals surface area contributed by atoms with E-state index in [0.29, 0.717) is 46.0 Å². The number of fused-ring (bicyclic) bond motifs is 1. The molecule has 1 aromatic carbocycles. The van der Waals surface area contributed by atoms with Gasteiger partial charge in [-0.1, -0.05) is 18.2 Å². The van der Waals surface area contributed by atoms with E-state index in [-0.39, 0.29) is 23.9 Å². The van der Waals surface area contributed by atoms with Crippen molar-refractivity contribution in [2.75, 3.05) is 46.0 Å². The van der Waals surface area contributed by atoms with Gasteiger partial charge in [-0.3, -0.25) is 4.79 Å². The van der Waals surface area contributed by atoms with Gasteiger partial charge in [-0.15, -0.1) is 0 Å². The third-order valence-corrected chi connectivity index (χ3v) is 5.64. The molecule has 2 saturated heterocycles. The number of rotatable bonds is 2. The number of likely N-dealkylation sites (tertiary alicyclic amines) is 1. The zero-order chi connectivity index (χ0) is 18.6. The van der Waals surface area contributed by atoms with E-state index in [1.54, 1.807) is 0 Å². The van der Waals surface area contributed by atoms with Gasteiger partial charge in [0.05, 0.1) is 19.1 Å². The van der Waals surface area contributed by atoms with Crippen LogP contribution in [-0.2, 0) is 16.0 Å². The molecule has 146 valence electrons. The van der Waals surface area contributed by atoms with E-state index in [0.717, 1.165) is 30.6 Å². The van der Waals surface area contributed by atoms with Gasteiger partial charge in [0.15, 0.2) is 0 Å². The lowest BCUT2D eigenvalue weighted by atomic mass is 9.95. The zero-order valence-corrected chi connectivity index (χ0v) is 15.6. The Morgan fingerprint density at radius 3 is 2.48 bits per heavy atom. The van der Waals surface area contributed by atoms with Crippen molar-refractivity contribution in [1.82, 2.24) is 15.1 Å². The van der Waals surface area contributed by atoms with Crippen molar-refractivity contribution in [3.05, 3.63) is 29.8 Å². The number of nitrogens with one attached hydrogen (secondary N) is 1. The van der Waals surface area contributed by atoms with Crippen LogP contribution in [0.15, 0.2) is 24.3 Å². The van der Waals surface area contributed by atoms with Crippen molar-refractivity contribution < 1.29 is 19.1 Å². The zero-order valence-electron chi connectivity index (χ0n) is 15.6. The molecule has 27 heavy (non-hydrogen) atoms. The van der Waals surface area contributed by atoms with Gasteiger partial charge in [0.25, 0.3) is 0 Å². The summed E-state index contributed by atoms with van der Waals surface area (Å²) >= 11 is 0. The smallest absolute Gasteiger partial charge is 0.320 e. The molecule has 3 amide bonds. The average molecular weight is 373 g/mol. The molecule has 1 N–H and O–H groups in total. The summed E-state index contributed by atoms with van der Waals surface area (Å²) in [6.07, 6.45) is 2.31. The molecule has 0 aliphatic carbocycles. The Morgan fingerprint density at radius 2 is 1.70 bits per heavy atom. The number of hydrogen-bond donors (Lipinski definition) is 1. The number of hydrogen-bond acceptors (Lipinski definition) is 4. The number of amides is 3. The van der Waals surface area contributed by atoms with Gasteiger partial charge in [0, 0.05) is 32.2 Å². The molecule has 4 rings (SSSR count). The molecule has 3 aliphatic rings. The van der Waals surface area contributed by atoms with Gasteiger partial charge in [-0.05, 0) is 30.9 Å². The first kappa shape index (κ1) is 18.1. The van der Waals surface area contributed by atoms with Crippen LogP contribution in [0.2, 0.25) is 0 Å². The molecule has 1 unspecified atom stereocenters. The molecule has 3 heterocycles. The van der Waals surface area contributed by atoms with E-state index in [1.165, 1.54) is 0 Å². The Morgan fingerprint density at radius 1 is 1.00 bits per heavy atom. The topological polar surface area (TPSA) is 71.1 Å². The molecular weight excluding hydrogens is 346 g/mol. The van der Waals surface area contributed by atoms with Crippen LogP contribution in [0.3, 0.4) is 0 Å². The van der Waals surface area contributed by atoms with Crippen LogP contribution >= 0.6 is 0 Å². The molecule has 2 fully saturated rings. The van der Waals surface area contributed by atoms with Crippen LogP contribution < -0.4 is 10.1 Å². The predicted molar refractivity (Wildman–Crippen MR) is 99.7 cm³/mol. The van der Waals surface area contributed by atoms with Crippen LogP contribution in [0.25, 0.3) is 0 Å². The van der Waals surface area contributed by atoms with Crippen LogP contribution in [0.5, 0.6) is 5.75 Å². The number of nitrogens with zero attached hydrogens (tertiary/aromatic N) is 2. The highest BCUT2D eigenvalue weighted by molar-refractivity contribution is 5.80. The first-order chi connectivity index (χ1) is 13.2. The summed E-state index contributed by atoms with van der Waals surface area (Å²) in [6.45, 7) is 4.36. The first-order valence-corrected chi connectivity index (χ1v) is 9.83. The number of benzene rings is 1. The Hall–Kier alpha value is -2.28. The van der Waals surface area contributed by atoms with E-state index >= 15 is 0 Å². The lowest BCUT2D eigenvalue weighted by Gasteiger charge is -2.37. The van der Waals surface area contributed by atoms with E-state index < -0.39 is 0 Å². The molecule has 0 saturated carbocycles. The molecule has 0 aromatic heterocycles. The number of urea groups is 1. The Bertz CT molecular complexity index is 682. The minimum Gasteiger partial charge on any atom is -0.492 e. The Balaban J connectivity index is 1.24. The number of carbonyl (C=O) groups is 2. The molecular formula is C20H27N3O4. The molecule has 1 aromatic rings. The van der Waals surface area contributed by atoms with E-state index in [9.17, 15) is 9.59 Å². The van der Waals surface area contributed by atoms with Gasteiger partial charge < -0.3 is 24.6 Å². The summed E-state index contributed by atoms with van der Waals surface area (Å²) in [5.41, 5.74) is 1.09. The summed E-state index contributed by atoms with van der Waals surface area (Å²) in [7, 11) is 0. The molecule has 7 nitrogen and oxygen atoms in total. The van der Waals surface area contributed by atoms with Gasteiger partial charge in [-0.2, -0.15) is 0 Å². The van der Waals surface area contributed by atoms with Crippen LogP contribution in [0, 0.1) is 5.92 Å². The summed E-state index contributed by atoms with van der Waals surface area (Å²) in [5.74, 6) is 0.798. The van der Waals surface area contributed by atoms with Gasteiger partial charge in [-0.25, -0.2) is 4.79 Å². The standard InChI is InChI=1S/C20H27N3O4/c24-19(16-13-15-3-1-2-4-18(15)27-14-16)21-17-5-7-22(8-6-17)20(25)23-9-11-26-12-10-23/h1-4,16-17H,5-14H2,(H,21,24). The van der Waals surface area contributed by atoms with Crippen molar-refractivity contribution in [1.29, 1.82) is 0 Å². The molecule has 0 radical (unpaired) electrons. The van der Waals surface area contributed by atoms with Gasteiger partial charge >= 0.3 is 6.03 Å².